The third-order valence-electron chi connectivity index (χ3n) is 4.14. The zero-order valence-electron chi connectivity index (χ0n) is 16.0. The fourth-order valence-electron chi connectivity index (χ4n) is 2.78. The second kappa shape index (κ2) is 12.0. The molecule has 1 N–H and O–H groups in total. The van der Waals surface area contributed by atoms with Gasteiger partial charge in [0.1, 0.15) is 5.75 Å². The predicted molar refractivity (Wildman–Crippen MR) is 116 cm³/mol. The normalized spacial score (nSPS) is 14.7. The highest BCUT2D eigenvalue weighted by Gasteiger charge is 2.20. The predicted octanol–water partition coefficient (Wildman–Crippen LogP) is 2.72. The van der Waals surface area contributed by atoms with Crippen LogP contribution in [0.25, 0.3) is 0 Å². The van der Waals surface area contributed by atoms with Crippen molar-refractivity contribution < 1.29 is 9.53 Å². The molecule has 2 rings (SSSR count). The van der Waals surface area contributed by atoms with Crippen LogP contribution < -0.4 is 10.1 Å². The molecule has 1 saturated heterocycles. The first kappa shape index (κ1) is 22.5. The van der Waals surface area contributed by atoms with Gasteiger partial charge in [-0.1, -0.05) is 19.1 Å². The molecule has 0 saturated carbocycles. The summed E-state index contributed by atoms with van der Waals surface area (Å²) >= 11 is 0. The second-order valence-electron chi connectivity index (χ2n) is 6.16. The van der Waals surface area contributed by atoms with Crippen LogP contribution >= 0.6 is 24.0 Å². The summed E-state index contributed by atoms with van der Waals surface area (Å²) < 4.78 is 5.69. The standard InChI is InChI=1S/C19H30N4O2.HI/c1-4-13-25-18-8-6-7-17(14-18)15-21-19(20-5-2)23-11-9-22(10-12-23)16(3)24;/h6-8,14H,4-5,9-13,15H2,1-3H3,(H,20,21);1H. The number of nitrogens with one attached hydrogen (secondary N) is 1. The van der Waals surface area contributed by atoms with Gasteiger partial charge in [0.25, 0.3) is 0 Å². The molecule has 146 valence electrons. The molecular weight excluding hydrogens is 443 g/mol. The summed E-state index contributed by atoms with van der Waals surface area (Å²) in [5.74, 6) is 1.95. The van der Waals surface area contributed by atoms with Crippen molar-refractivity contribution in [2.24, 2.45) is 4.99 Å². The minimum absolute atomic E-state index is 0. The summed E-state index contributed by atoms with van der Waals surface area (Å²) in [7, 11) is 0. The van der Waals surface area contributed by atoms with Gasteiger partial charge in [-0.2, -0.15) is 0 Å². The Morgan fingerprint density at radius 2 is 1.88 bits per heavy atom. The average Bonchev–Trinajstić information content (AvgIpc) is 2.64. The maximum absolute atomic E-state index is 11.5. The SMILES string of the molecule is CCCOc1cccc(CN=C(NCC)N2CCN(C(C)=O)CC2)c1.I. The molecule has 0 unspecified atom stereocenters. The minimum atomic E-state index is 0. The van der Waals surface area contributed by atoms with Crippen molar-refractivity contribution >= 4 is 35.8 Å². The first-order valence-electron chi connectivity index (χ1n) is 9.14. The molecule has 0 aliphatic carbocycles. The summed E-state index contributed by atoms with van der Waals surface area (Å²) in [6, 6.07) is 8.11. The molecule has 0 atom stereocenters. The van der Waals surface area contributed by atoms with Crippen molar-refractivity contribution in [3.05, 3.63) is 29.8 Å². The van der Waals surface area contributed by atoms with E-state index in [1.54, 1.807) is 6.92 Å². The Hall–Kier alpha value is -1.51. The summed E-state index contributed by atoms with van der Waals surface area (Å²) in [5.41, 5.74) is 1.13. The number of piperazine rings is 1. The fraction of sp³-hybridized carbons (Fsp3) is 0.579. The third-order valence-corrected chi connectivity index (χ3v) is 4.14. The molecule has 1 aliphatic heterocycles. The number of hydrogen-bond acceptors (Lipinski definition) is 3. The van der Waals surface area contributed by atoms with E-state index >= 15 is 0 Å². The second-order valence-corrected chi connectivity index (χ2v) is 6.16. The highest BCUT2D eigenvalue weighted by atomic mass is 127. The first-order valence-corrected chi connectivity index (χ1v) is 9.14. The van der Waals surface area contributed by atoms with Gasteiger partial charge in [-0.3, -0.25) is 4.79 Å². The van der Waals surface area contributed by atoms with Crippen molar-refractivity contribution in [3.63, 3.8) is 0 Å². The van der Waals surface area contributed by atoms with Gasteiger partial charge in [0.05, 0.1) is 13.2 Å². The molecule has 1 fully saturated rings. The van der Waals surface area contributed by atoms with Gasteiger partial charge in [0, 0.05) is 39.6 Å². The van der Waals surface area contributed by atoms with Crippen LogP contribution in [0.2, 0.25) is 0 Å². The Balaban J connectivity index is 0.00000338. The zero-order valence-corrected chi connectivity index (χ0v) is 18.4. The molecule has 1 amide bonds. The smallest absolute Gasteiger partial charge is 0.219 e. The van der Waals surface area contributed by atoms with Gasteiger partial charge in [-0.25, -0.2) is 4.99 Å². The lowest BCUT2D eigenvalue weighted by molar-refractivity contribution is -0.130. The number of carbonyl (C=O) groups excluding carboxylic acids is 1. The number of aliphatic imine (C=N–C) groups is 1. The van der Waals surface area contributed by atoms with Crippen LogP contribution in [-0.2, 0) is 11.3 Å². The van der Waals surface area contributed by atoms with Crippen molar-refractivity contribution in [2.45, 2.75) is 33.7 Å². The number of benzene rings is 1. The molecule has 0 aromatic heterocycles. The van der Waals surface area contributed by atoms with E-state index < -0.39 is 0 Å². The van der Waals surface area contributed by atoms with E-state index in [1.165, 1.54) is 0 Å². The average molecular weight is 474 g/mol. The van der Waals surface area contributed by atoms with E-state index in [9.17, 15) is 4.79 Å². The van der Waals surface area contributed by atoms with E-state index in [0.717, 1.165) is 63.0 Å². The van der Waals surface area contributed by atoms with Crippen molar-refractivity contribution in [1.29, 1.82) is 0 Å². The summed E-state index contributed by atoms with van der Waals surface area (Å²) in [4.78, 5) is 20.3. The highest BCUT2D eigenvalue weighted by molar-refractivity contribution is 14.0. The number of amides is 1. The van der Waals surface area contributed by atoms with Crippen molar-refractivity contribution in [2.75, 3.05) is 39.3 Å². The number of ether oxygens (including phenoxy) is 1. The summed E-state index contributed by atoms with van der Waals surface area (Å²) in [5, 5.41) is 3.36. The Bertz CT molecular complexity index is 587. The summed E-state index contributed by atoms with van der Waals surface area (Å²) in [6.45, 7) is 11.1. The molecule has 26 heavy (non-hydrogen) atoms. The Morgan fingerprint density at radius 1 is 1.19 bits per heavy atom. The lowest BCUT2D eigenvalue weighted by atomic mass is 10.2. The number of halogens is 1. The van der Waals surface area contributed by atoms with Gasteiger partial charge in [-0.05, 0) is 31.0 Å². The van der Waals surface area contributed by atoms with Gasteiger partial charge in [0.15, 0.2) is 5.96 Å². The monoisotopic (exact) mass is 474 g/mol. The molecule has 0 spiro atoms. The van der Waals surface area contributed by atoms with Crippen molar-refractivity contribution in [1.82, 2.24) is 15.1 Å². The number of guanidine groups is 1. The molecule has 1 aromatic carbocycles. The molecule has 7 heteroatoms. The number of carbonyl (C=O) groups is 1. The van der Waals surface area contributed by atoms with Crippen LogP contribution in [0, 0.1) is 0 Å². The topological polar surface area (TPSA) is 57.2 Å². The van der Waals surface area contributed by atoms with Gasteiger partial charge in [-0.15, -0.1) is 24.0 Å². The van der Waals surface area contributed by atoms with E-state index in [2.05, 4.69) is 36.2 Å². The Kier molecular flexibility index (Phi) is 10.4. The van der Waals surface area contributed by atoms with Gasteiger partial charge in [0.2, 0.25) is 5.91 Å². The van der Waals surface area contributed by atoms with Gasteiger partial charge >= 0.3 is 0 Å². The lowest BCUT2D eigenvalue weighted by Crippen LogP contribution is -2.53. The van der Waals surface area contributed by atoms with Crippen molar-refractivity contribution in [3.8, 4) is 5.75 Å². The summed E-state index contributed by atoms with van der Waals surface area (Å²) in [6.07, 6.45) is 0.999. The maximum atomic E-state index is 11.5. The van der Waals surface area contributed by atoms with Crippen LogP contribution in [0.1, 0.15) is 32.8 Å². The van der Waals surface area contributed by atoms with E-state index in [-0.39, 0.29) is 29.9 Å². The van der Waals surface area contributed by atoms with E-state index in [1.807, 2.05) is 17.0 Å². The largest absolute Gasteiger partial charge is 0.494 e. The number of rotatable bonds is 6. The van der Waals surface area contributed by atoms with Crippen LogP contribution in [0.15, 0.2) is 29.3 Å². The van der Waals surface area contributed by atoms with E-state index in [0.29, 0.717) is 6.54 Å². The lowest BCUT2D eigenvalue weighted by Gasteiger charge is -2.36. The number of nitrogens with zero attached hydrogens (tertiary/aromatic N) is 3. The van der Waals surface area contributed by atoms with Crippen LogP contribution in [0.5, 0.6) is 5.75 Å². The Labute approximate surface area is 174 Å². The third kappa shape index (κ3) is 7.01. The quantitative estimate of drug-likeness (QED) is 0.392. The molecule has 0 radical (unpaired) electrons. The molecule has 0 bridgehead atoms. The molecule has 1 aromatic rings. The highest BCUT2D eigenvalue weighted by Crippen LogP contribution is 2.14. The molecular formula is C19H31IN4O2. The fourth-order valence-corrected chi connectivity index (χ4v) is 2.78. The zero-order chi connectivity index (χ0) is 18.1. The maximum Gasteiger partial charge on any atom is 0.219 e. The van der Waals surface area contributed by atoms with E-state index in [4.69, 9.17) is 9.73 Å². The Morgan fingerprint density at radius 3 is 2.50 bits per heavy atom. The molecule has 6 nitrogen and oxygen atoms in total. The first-order chi connectivity index (χ1) is 12.1. The minimum Gasteiger partial charge on any atom is -0.494 e. The number of hydrogen-bond donors (Lipinski definition) is 1. The van der Waals surface area contributed by atoms with Gasteiger partial charge < -0.3 is 19.9 Å². The van der Waals surface area contributed by atoms with Crippen LogP contribution in [-0.4, -0.2) is 61.0 Å². The molecule has 1 heterocycles. The van der Waals surface area contributed by atoms with Crippen LogP contribution in [0.4, 0.5) is 0 Å². The van der Waals surface area contributed by atoms with Crippen LogP contribution in [0.3, 0.4) is 0 Å². The molecule has 1 aliphatic rings.